The zero-order chi connectivity index (χ0) is 19.4. The zero-order valence-corrected chi connectivity index (χ0v) is 16.6. The average molecular weight is 397 g/mol. The Balaban J connectivity index is 1.58. The number of fused-ring (bicyclic) bond motifs is 1. The molecule has 1 saturated heterocycles. The fourth-order valence-corrected chi connectivity index (χ4v) is 4.17. The molecule has 3 rings (SSSR count). The number of sulfonamides is 1. The maximum absolute atomic E-state index is 12.5. The van der Waals surface area contributed by atoms with Gasteiger partial charge in [0.15, 0.2) is 6.10 Å². The summed E-state index contributed by atoms with van der Waals surface area (Å²) in [6, 6.07) is 5.30. The van der Waals surface area contributed by atoms with Crippen LogP contribution in [0.3, 0.4) is 0 Å². The molecule has 1 fully saturated rings. The molecule has 1 unspecified atom stereocenters. The van der Waals surface area contributed by atoms with Crippen molar-refractivity contribution in [1.29, 1.82) is 0 Å². The summed E-state index contributed by atoms with van der Waals surface area (Å²) < 4.78 is 36.7. The molecule has 1 aromatic rings. The van der Waals surface area contributed by atoms with Gasteiger partial charge in [0.1, 0.15) is 5.75 Å². The molecule has 1 aromatic carbocycles. The number of carbonyl (C=O) groups is 1. The van der Waals surface area contributed by atoms with Crippen molar-refractivity contribution < 1.29 is 22.7 Å². The Morgan fingerprint density at radius 2 is 2.04 bits per heavy atom. The van der Waals surface area contributed by atoms with Crippen LogP contribution in [0.15, 0.2) is 18.2 Å². The normalized spacial score (nSPS) is 20.7. The molecule has 0 bridgehead atoms. The maximum Gasteiger partial charge on any atom is 0.263 e. The molecule has 0 aromatic heterocycles. The molecule has 27 heavy (non-hydrogen) atoms. The first-order valence-electron chi connectivity index (χ1n) is 9.17. The third kappa shape index (κ3) is 5.12. The van der Waals surface area contributed by atoms with Crippen molar-refractivity contribution in [3.63, 3.8) is 0 Å². The van der Waals surface area contributed by atoms with Crippen LogP contribution in [0.5, 0.6) is 5.75 Å². The summed E-state index contributed by atoms with van der Waals surface area (Å²) in [5.41, 5.74) is 1.41. The van der Waals surface area contributed by atoms with Gasteiger partial charge in [0.05, 0.1) is 31.7 Å². The molecular weight excluding hydrogens is 370 g/mol. The molecule has 0 saturated carbocycles. The molecule has 2 heterocycles. The lowest BCUT2D eigenvalue weighted by Crippen LogP contribution is -2.50. The number of hydrogen-bond acceptors (Lipinski definition) is 6. The van der Waals surface area contributed by atoms with Gasteiger partial charge in [0.25, 0.3) is 5.91 Å². The quantitative estimate of drug-likeness (QED) is 0.698. The van der Waals surface area contributed by atoms with Gasteiger partial charge < -0.3 is 14.8 Å². The van der Waals surface area contributed by atoms with Crippen LogP contribution in [0.4, 0.5) is 5.69 Å². The van der Waals surface area contributed by atoms with Gasteiger partial charge in [-0.2, -0.15) is 0 Å². The van der Waals surface area contributed by atoms with E-state index in [-0.39, 0.29) is 12.5 Å². The second kappa shape index (κ2) is 8.45. The summed E-state index contributed by atoms with van der Waals surface area (Å²) in [5.74, 6) is 0.114. The lowest BCUT2D eigenvalue weighted by molar-refractivity contribution is -0.127. The highest BCUT2D eigenvalue weighted by molar-refractivity contribution is 7.92. The van der Waals surface area contributed by atoms with Crippen LogP contribution in [0.25, 0.3) is 0 Å². The first kappa shape index (κ1) is 19.9. The monoisotopic (exact) mass is 397 g/mol. The number of anilines is 1. The van der Waals surface area contributed by atoms with Crippen molar-refractivity contribution >= 4 is 21.6 Å². The Hall–Kier alpha value is -1.84. The van der Waals surface area contributed by atoms with E-state index in [4.69, 9.17) is 9.47 Å². The maximum atomic E-state index is 12.5. The van der Waals surface area contributed by atoms with Crippen LogP contribution < -0.4 is 14.4 Å². The van der Waals surface area contributed by atoms with Crippen LogP contribution in [-0.2, 0) is 19.6 Å². The number of aryl methyl sites for hydroxylation is 1. The summed E-state index contributed by atoms with van der Waals surface area (Å²) in [5, 5.41) is 2.86. The molecule has 2 aliphatic rings. The van der Waals surface area contributed by atoms with E-state index in [9.17, 15) is 13.2 Å². The minimum absolute atomic E-state index is 0.0232. The SMILES string of the molecule is Cc1ccc2c(c1)N(S(C)(=O)=O)CC(C(=O)NCCCN1CCOCC1)O2. The minimum atomic E-state index is -3.51. The number of benzene rings is 1. The highest BCUT2D eigenvalue weighted by atomic mass is 32.2. The van der Waals surface area contributed by atoms with Gasteiger partial charge in [-0.25, -0.2) is 8.42 Å². The van der Waals surface area contributed by atoms with E-state index in [0.717, 1.165) is 51.1 Å². The minimum Gasteiger partial charge on any atom is -0.476 e. The Morgan fingerprint density at radius 1 is 1.30 bits per heavy atom. The second-order valence-electron chi connectivity index (χ2n) is 6.97. The fourth-order valence-electron chi connectivity index (χ4n) is 3.26. The van der Waals surface area contributed by atoms with Gasteiger partial charge in [0.2, 0.25) is 10.0 Å². The summed E-state index contributed by atoms with van der Waals surface area (Å²) in [4.78, 5) is 14.8. The predicted octanol–water partition coefficient (Wildman–Crippen LogP) is 0.361. The largest absolute Gasteiger partial charge is 0.476 e. The number of amides is 1. The molecule has 0 aliphatic carbocycles. The number of carbonyl (C=O) groups excluding carboxylic acids is 1. The molecule has 1 amide bonds. The summed E-state index contributed by atoms with van der Waals surface area (Å²) in [6.07, 6.45) is 1.10. The lowest BCUT2D eigenvalue weighted by Gasteiger charge is -2.34. The first-order valence-corrected chi connectivity index (χ1v) is 11.0. The smallest absolute Gasteiger partial charge is 0.263 e. The highest BCUT2D eigenvalue weighted by Gasteiger charge is 2.34. The second-order valence-corrected chi connectivity index (χ2v) is 8.88. The number of rotatable bonds is 6. The van der Waals surface area contributed by atoms with Gasteiger partial charge >= 0.3 is 0 Å². The van der Waals surface area contributed by atoms with Crippen molar-refractivity contribution in [3.8, 4) is 5.75 Å². The van der Waals surface area contributed by atoms with E-state index in [0.29, 0.717) is 18.0 Å². The Labute approximate surface area is 160 Å². The average Bonchev–Trinajstić information content (AvgIpc) is 2.64. The Morgan fingerprint density at radius 3 is 2.74 bits per heavy atom. The van der Waals surface area contributed by atoms with Gasteiger partial charge in [-0.15, -0.1) is 0 Å². The molecule has 1 N–H and O–H groups in total. The van der Waals surface area contributed by atoms with Gasteiger partial charge in [-0.3, -0.25) is 14.0 Å². The standard InChI is InChI=1S/C18H27N3O5S/c1-14-4-5-16-15(12-14)21(27(2,23)24)13-17(26-16)18(22)19-6-3-7-20-8-10-25-11-9-20/h4-5,12,17H,3,6-11,13H2,1-2H3,(H,19,22). The van der Waals surface area contributed by atoms with Crippen molar-refractivity contribution in [2.45, 2.75) is 19.4 Å². The van der Waals surface area contributed by atoms with Crippen LogP contribution in [0.2, 0.25) is 0 Å². The number of ether oxygens (including phenoxy) is 2. The lowest BCUT2D eigenvalue weighted by atomic mass is 10.1. The van der Waals surface area contributed by atoms with Gasteiger partial charge in [0, 0.05) is 19.6 Å². The highest BCUT2D eigenvalue weighted by Crippen LogP contribution is 2.35. The van der Waals surface area contributed by atoms with E-state index < -0.39 is 16.1 Å². The van der Waals surface area contributed by atoms with E-state index in [1.807, 2.05) is 13.0 Å². The van der Waals surface area contributed by atoms with E-state index in [1.54, 1.807) is 12.1 Å². The molecule has 8 nitrogen and oxygen atoms in total. The number of nitrogens with zero attached hydrogens (tertiary/aromatic N) is 2. The summed E-state index contributed by atoms with van der Waals surface area (Å²) >= 11 is 0. The van der Waals surface area contributed by atoms with Crippen LogP contribution in [0.1, 0.15) is 12.0 Å². The third-order valence-corrected chi connectivity index (χ3v) is 5.88. The summed E-state index contributed by atoms with van der Waals surface area (Å²) in [6.45, 7) is 6.62. The molecule has 2 aliphatic heterocycles. The van der Waals surface area contributed by atoms with Gasteiger partial charge in [-0.05, 0) is 37.6 Å². The topological polar surface area (TPSA) is 88.2 Å². The number of morpholine rings is 1. The van der Waals surface area contributed by atoms with Crippen molar-refractivity contribution in [2.75, 3.05) is 56.5 Å². The Bertz CT molecular complexity index is 777. The van der Waals surface area contributed by atoms with Crippen molar-refractivity contribution in [1.82, 2.24) is 10.2 Å². The molecule has 0 radical (unpaired) electrons. The predicted molar refractivity (Wildman–Crippen MR) is 103 cm³/mol. The number of hydrogen-bond donors (Lipinski definition) is 1. The van der Waals surface area contributed by atoms with E-state index >= 15 is 0 Å². The number of nitrogens with one attached hydrogen (secondary N) is 1. The molecule has 150 valence electrons. The molecule has 1 atom stereocenters. The molecular formula is C18H27N3O5S. The van der Waals surface area contributed by atoms with E-state index in [1.165, 1.54) is 4.31 Å². The Kier molecular flexibility index (Phi) is 6.23. The fraction of sp³-hybridized carbons (Fsp3) is 0.611. The zero-order valence-electron chi connectivity index (χ0n) is 15.8. The van der Waals surface area contributed by atoms with Crippen LogP contribution >= 0.6 is 0 Å². The summed E-state index contributed by atoms with van der Waals surface area (Å²) in [7, 11) is -3.51. The van der Waals surface area contributed by atoms with Crippen LogP contribution in [-0.4, -0.2) is 77.5 Å². The van der Waals surface area contributed by atoms with E-state index in [2.05, 4.69) is 10.2 Å². The van der Waals surface area contributed by atoms with Crippen molar-refractivity contribution in [3.05, 3.63) is 23.8 Å². The third-order valence-electron chi connectivity index (χ3n) is 4.73. The van der Waals surface area contributed by atoms with Gasteiger partial charge in [-0.1, -0.05) is 6.07 Å². The van der Waals surface area contributed by atoms with Crippen molar-refractivity contribution in [2.24, 2.45) is 0 Å². The van der Waals surface area contributed by atoms with Crippen LogP contribution in [0, 0.1) is 6.92 Å². The first-order chi connectivity index (χ1) is 12.8. The molecule has 9 heteroatoms. The molecule has 0 spiro atoms.